The first-order valence-corrected chi connectivity index (χ1v) is 5.29. The first-order chi connectivity index (χ1) is 7.84. The summed E-state index contributed by atoms with van der Waals surface area (Å²) in [4.78, 5) is 11.6. The van der Waals surface area contributed by atoms with Gasteiger partial charge in [-0.15, -0.1) is 12.4 Å². The van der Waals surface area contributed by atoms with E-state index in [2.05, 4.69) is 5.32 Å². The molecule has 1 rings (SSSR count). The maximum absolute atomic E-state index is 12.9. The van der Waals surface area contributed by atoms with Gasteiger partial charge in [0.25, 0.3) is 0 Å². The van der Waals surface area contributed by atoms with E-state index in [0.717, 1.165) is 12.1 Å². The zero-order valence-electron chi connectivity index (χ0n) is 10.3. The van der Waals surface area contributed by atoms with E-state index in [1.807, 2.05) is 0 Å². The highest BCUT2D eigenvalue weighted by Gasteiger charge is 2.18. The van der Waals surface area contributed by atoms with Crippen molar-refractivity contribution in [2.75, 3.05) is 6.54 Å². The van der Waals surface area contributed by atoms with Crippen molar-refractivity contribution in [3.63, 3.8) is 0 Å². The van der Waals surface area contributed by atoms with Crippen molar-refractivity contribution in [3.8, 4) is 0 Å². The molecule has 0 saturated carbocycles. The number of hydrogen-bond donors (Lipinski definition) is 2. The van der Waals surface area contributed by atoms with Crippen LogP contribution < -0.4 is 11.1 Å². The van der Waals surface area contributed by atoms with Gasteiger partial charge in [0.15, 0.2) is 11.6 Å². The van der Waals surface area contributed by atoms with Crippen LogP contribution in [0.3, 0.4) is 0 Å². The summed E-state index contributed by atoms with van der Waals surface area (Å²) in [7, 11) is 0. The van der Waals surface area contributed by atoms with Crippen molar-refractivity contribution < 1.29 is 13.6 Å². The molecule has 0 heterocycles. The zero-order valence-corrected chi connectivity index (χ0v) is 11.1. The zero-order chi connectivity index (χ0) is 13.1. The Morgan fingerprint density at radius 2 is 1.94 bits per heavy atom. The van der Waals surface area contributed by atoms with Gasteiger partial charge in [-0.3, -0.25) is 4.79 Å². The molecule has 18 heavy (non-hydrogen) atoms. The second-order valence-electron chi connectivity index (χ2n) is 4.56. The number of amides is 1. The van der Waals surface area contributed by atoms with Gasteiger partial charge in [-0.1, -0.05) is 6.07 Å². The third-order valence-electron chi connectivity index (χ3n) is 2.34. The Kier molecular flexibility index (Phi) is 6.21. The van der Waals surface area contributed by atoms with E-state index in [4.69, 9.17) is 5.73 Å². The highest BCUT2D eigenvalue weighted by molar-refractivity contribution is 5.85. The van der Waals surface area contributed by atoms with E-state index in [0.29, 0.717) is 12.1 Å². The Hall–Kier alpha value is -1.20. The molecule has 1 amide bonds. The van der Waals surface area contributed by atoms with Gasteiger partial charge in [0.2, 0.25) is 5.91 Å². The normalized spacial score (nSPS) is 10.7. The lowest BCUT2D eigenvalue weighted by atomic mass is 10.0. The van der Waals surface area contributed by atoms with Crippen LogP contribution in [0.15, 0.2) is 18.2 Å². The molecule has 0 aromatic heterocycles. The molecule has 0 radical (unpaired) electrons. The summed E-state index contributed by atoms with van der Waals surface area (Å²) in [6, 6.07) is 3.41. The molecular formula is C12H17ClF2N2O. The van der Waals surface area contributed by atoms with Crippen LogP contribution in [0.1, 0.15) is 19.4 Å². The molecule has 0 fully saturated rings. The Bertz CT molecular complexity index is 425. The molecule has 1 aromatic carbocycles. The molecule has 1 aromatic rings. The summed E-state index contributed by atoms with van der Waals surface area (Å²) < 4.78 is 25.6. The lowest BCUT2D eigenvalue weighted by Gasteiger charge is -2.24. The Labute approximate surface area is 111 Å². The average Bonchev–Trinajstić information content (AvgIpc) is 2.23. The Morgan fingerprint density at radius 1 is 1.33 bits per heavy atom. The van der Waals surface area contributed by atoms with Gasteiger partial charge >= 0.3 is 0 Å². The quantitative estimate of drug-likeness (QED) is 0.882. The standard InChI is InChI=1S/C12H16F2N2O.ClH/c1-12(2,7-15)16-11(17)6-8-3-4-9(13)10(14)5-8;/h3-5H,6-7,15H2,1-2H3,(H,16,17);1H. The maximum Gasteiger partial charge on any atom is 0.224 e. The molecule has 0 aliphatic heterocycles. The minimum atomic E-state index is -0.951. The molecular weight excluding hydrogens is 262 g/mol. The van der Waals surface area contributed by atoms with Gasteiger partial charge < -0.3 is 11.1 Å². The summed E-state index contributed by atoms with van der Waals surface area (Å²) in [6.07, 6.45) is 0.000625. The first kappa shape index (κ1) is 16.8. The van der Waals surface area contributed by atoms with Crippen molar-refractivity contribution in [2.45, 2.75) is 25.8 Å². The monoisotopic (exact) mass is 278 g/mol. The molecule has 102 valence electrons. The predicted molar refractivity (Wildman–Crippen MR) is 68.6 cm³/mol. The highest BCUT2D eigenvalue weighted by atomic mass is 35.5. The van der Waals surface area contributed by atoms with E-state index in [1.54, 1.807) is 13.8 Å². The van der Waals surface area contributed by atoms with Crippen LogP contribution in [0.2, 0.25) is 0 Å². The van der Waals surface area contributed by atoms with Crippen LogP contribution in [0.4, 0.5) is 8.78 Å². The topological polar surface area (TPSA) is 55.1 Å². The second kappa shape index (κ2) is 6.66. The molecule has 6 heteroatoms. The third kappa shape index (κ3) is 4.98. The fourth-order valence-electron chi connectivity index (χ4n) is 1.31. The molecule has 0 atom stereocenters. The van der Waals surface area contributed by atoms with Gasteiger partial charge in [-0.25, -0.2) is 8.78 Å². The van der Waals surface area contributed by atoms with Gasteiger partial charge in [-0.2, -0.15) is 0 Å². The van der Waals surface area contributed by atoms with Crippen LogP contribution in [0.25, 0.3) is 0 Å². The van der Waals surface area contributed by atoms with Gasteiger partial charge in [0.05, 0.1) is 6.42 Å². The van der Waals surface area contributed by atoms with Crippen molar-refractivity contribution in [1.82, 2.24) is 5.32 Å². The van der Waals surface area contributed by atoms with Crippen molar-refractivity contribution in [3.05, 3.63) is 35.4 Å². The van der Waals surface area contributed by atoms with Crippen LogP contribution in [-0.4, -0.2) is 18.0 Å². The number of halogens is 3. The lowest BCUT2D eigenvalue weighted by Crippen LogP contribution is -2.49. The molecule has 0 spiro atoms. The molecule has 0 bridgehead atoms. The van der Waals surface area contributed by atoms with E-state index < -0.39 is 17.2 Å². The predicted octanol–water partition coefficient (Wildman–Crippen LogP) is 1.78. The van der Waals surface area contributed by atoms with Crippen molar-refractivity contribution in [1.29, 1.82) is 0 Å². The minimum Gasteiger partial charge on any atom is -0.350 e. The highest BCUT2D eigenvalue weighted by Crippen LogP contribution is 2.09. The minimum absolute atomic E-state index is 0. The number of nitrogens with two attached hydrogens (primary N) is 1. The van der Waals surface area contributed by atoms with Gasteiger partial charge in [0.1, 0.15) is 0 Å². The smallest absolute Gasteiger partial charge is 0.224 e. The van der Waals surface area contributed by atoms with E-state index in [-0.39, 0.29) is 24.7 Å². The second-order valence-corrected chi connectivity index (χ2v) is 4.56. The van der Waals surface area contributed by atoms with Crippen LogP contribution in [0.5, 0.6) is 0 Å². The summed E-state index contributed by atoms with van der Waals surface area (Å²) >= 11 is 0. The Balaban J connectivity index is 0.00000289. The SMILES string of the molecule is CC(C)(CN)NC(=O)Cc1ccc(F)c(F)c1.Cl. The van der Waals surface area contributed by atoms with Gasteiger partial charge in [-0.05, 0) is 31.5 Å². The number of carbonyl (C=O) groups excluding carboxylic acids is 1. The summed E-state index contributed by atoms with van der Waals surface area (Å²) in [5.41, 5.74) is 5.39. The van der Waals surface area contributed by atoms with E-state index in [9.17, 15) is 13.6 Å². The maximum atomic E-state index is 12.9. The molecule has 0 aliphatic carbocycles. The number of nitrogens with one attached hydrogen (secondary N) is 1. The number of benzene rings is 1. The lowest BCUT2D eigenvalue weighted by molar-refractivity contribution is -0.121. The molecule has 3 N–H and O–H groups in total. The number of rotatable bonds is 4. The first-order valence-electron chi connectivity index (χ1n) is 5.29. The molecule has 0 aliphatic rings. The summed E-state index contributed by atoms with van der Waals surface area (Å²) in [5, 5.41) is 2.71. The third-order valence-corrected chi connectivity index (χ3v) is 2.34. The number of hydrogen-bond acceptors (Lipinski definition) is 2. The average molecular weight is 279 g/mol. The van der Waals surface area contributed by atoms with Crippen LogP contribution in [0, 0.1) is 11.6 Å². The molecule has 0 saturated heterocycles. The van der Waals surface area contributed by atoms with Crippen molar-refractivity contribution in [2.24, 2.45) is 5.73 Å². The molecule has 0 unspecified atom stereocenters. The van der Waals surface area contributed by atoms with Crippen LogP contribution >= 0.6 is 12.4 Å². The van der Waals surface area contributed by atoms with Gasteiger partial charge in [0, 0.05) is 12.1 Å². The van der Waals surface area contributed by atoms with Crippen molar-refractivity contribution >= 4 is 18.3 Å². The van der Waals surface area contributed by atoms with Crippen LogP contribution in [-0.2, 0) is 11.2 Å². The Morgan fingerprint density at radius 3 is 2.44 bits per heavy atom. The summed E-state index contributed by atoms with van der Waals surface area (Å²) in [5.74, 6) is -2.14. The van der Waals surface area contributed by atoms with E-state index in [1.165, 1.54) is 6.07 Å². The summed E-state index contributed by atoms with van der Waals surface area (Å²) in [6.45, 7) is 3.88. The molecule has 3 nitrogen and oxygen atoms in total. The fourth-order valence-corrected chi connectivity index (χ4v) is 1.31. The largest absolute Gasteiger partial charge is 0.350 e. The number of carbonyl (C=O) groups is 1. The fraction of sp³-hybridized carbons (Fsp3) is 0.417. The van der Waals surface area contributed by atoms with E-state index >= 15 is 0 Å².